The van der Waals surface area contributed by atoms with Crippen LogP contribution in [0.4, 0.5) is 17.1 Å². The van der Waals surface area contributed by atoms with Crippen molar-refractivity contribution in [3.05, 3.63) is 179 Å². The summed E-state index contributed by atoms with van der Waals surface area (Å²) in [7, 11) is 0. The van der Waals surface area contributed by atoms with Crippen LogP contribution in [0.2, 0.25) is 0 Å². The highest BCUT2D eigenvalue weighted by molar-refractivity contribution is 6.04. The Morgan fingerprint density at radius 1 is 0.355 bits per heavy atom. The molecule has 0 aromatic heterocycles. The molecule has 15 N–H and O–H groups in total. The van der Waals surface area contributed by atoms with Gasteiger partial charge in [-0.25, -0.2) is 0 Å². The van der Waals surface area contributed by atoms with E-state index in [0.29, 0.717) is 94.5 Å². The SMILES string of the molecule is NCCCC[C@@H](NC(=O)c1ccccc1O)C(=O)Nc1ccc(C(c2ccc(NC(=O)[C@@H](CCCCN)NC(=O)c3ccccc3O)cc2)c2ccc(NC(=O)[C@@H](CCCCN)NC(=O)c3ccccc3O)cc2)cc1. The second-order valence-electron chi connectivity index (χ2n) is 18.2. The fourth-order valence-corrected chi connectivity index (χ4v) is 8.53. The van der Waals surface area contributed by atoms with E-state index >= 15 is 0 Å². The van der Waals surface area contributed by atoms with E-state index in [2.05, 4.69) is 31.9 Å². The summed E-state index contributed by atoms with van der Waals surface area (Å²) in [4.78, 5) is 80.8. The molecule has 18 heteroatoms. The molecule has 0 heterocycles. The summed E-state index contributed by atoms with van der Waals surface area (Å²) >= 11 is 0. The Kier molecular flexibility index (Phi) is 21.5. The number of hydrogen-bond donors (Lipinski definition) is 12. The van der Waals surface area contributed by atoms with E-state index in [-0.39, 0.29) is 33.9 Å². The van der Waals surface area contributed by atoms with Gasteiger partial charge >= 0.3 is 0 Å². The second-order valence-corrected chi connectivity index (χ2v) is 18.2. The minimum atomic E-state index is -0.936. The number of phenols is 3. The van der Waals surface area contributed by atoms with Crippen molar-refractivity contribution in [3.63, 3.8) is 0 Å². The zero-order valence-corrected chi connectivity index (χ0v) is 42.2. The van der Waals surface area contributed by atoms with Gasteiger partial charge in [0.05, 0.1) is 16.7 Å². The molecule has 3 atom stereocenters. The maximum atomic E-state index is 13.8. The summed E-state index contributed by atoms with van der Waals surface area (Å²) in [5, 5.41) is 47.9. The van der Waals surface area contributed by atoms with Gasteiger partial charge in [0.2, 0.25) is 17.7 Å². The molecule has 6 amide bonds. The zero-order chi connectivity index (χ0) is 54.4. The Hall–Kier alpha value is -8.58. The molecule has 6 rings (SSSR count). The van der Waals surface area contributed by atoms with E-state index in [9.17, 15) is 44.1 Å². The van der Waals surface area contributed by atoms with Crippen LogP contribution in [0.1, 0.15) is 111 Å². The number of benzene rings is 6. The van der Waals surface area contributed by atoms with E-state index in [4.69, 9.17) is 17.2 Å². The summed E-state index contributed by atoms with van der Waals surface area (Å²) in [5.41, 5.74) is 21.1. The van der Waals surface area contributed by atoms with Crippen LogP contribution in [-0.2, 0) is 14.4 Å². The van der Waals surface area contributed by atoms with Crippen molar-refractivity contribution in [1.29, 1.82) is 0 Å². The van der Waals surface area contributed by atoms with E-state index in [1.54, 1.807) is 72.8 Å². The smallest absolute Gasteiger partial charge is 0.255 e. The Labute approximate surface area is 441 Å². The summed E-state index contributed by atoms with van der Waals surface area (Å²) in [6.45, 7) is 1.23. The van der Waals surface area contributed by atoms with E-state index in [0.717, 1.165) is 16.7 Å². The lowest BCUT2D eigenvalue weighted by atomic mass is 9.85. The lowest BCUT2D eigenvalue weighted by molar-refractivity contribution is -0.118. The van der Waals surface area contributed by atoms with E-state index < -0.39 is 59.5 Å². The number of rotatable bonds is 27. The highest BCUT2D eigenvalue weighted by Gasteiger charge is 2.27. The summed E-state index contributed by atoms with van der Waals surface area (Å²) in [6.07, 6.45) is 4.52. The number of anilines is 3. The molecule has 0 aliphatic rings. The van der Waals surface area contributed by atoms with Crippen LogP contribution < -0.4 is 49.1 Å². The Balaban J connectivity index is 1.25. The first-order valence-corrected chi connectivity index (χ1v) is 25.4. The topological polar surface area (TPSA) is 313 Å². The molecule has 0 saturated carbocycles. The Bertz CT molecular complexity index is 2590. The predicted octanol–water partition coefficient (Wildman–Crippen LogP) is 6.58. The third kappa shape index (κ3) is 16.2. The number of nitrogens with two attached hydrogens (primary N) is 3. The van der Waals surface area contributed by atoms with Crippen molar-refractivity contribution in [1.82, 2.24) is 16.0 Å². The van der Waals surface area contributed by atoms with Crippen LogP contribution in [0.5, 0.6) is 17.2 Å². The Morgan fingerprint density at radius 3 is 0.842 bits per heavy atom. The number of unbranched alkanes of at least 4 members (excludes halogenated alkanes) is 3. The van der Waals surface area contributed by atoms with Gasteiger partial charge in [0, 0.05) is 23.0 Å². The molecular weight excluding hydrogens is 967 g/mol. The van der Waals surface area contributed by atoms with Crippen LogP contribution >= 0.6 is 0 Å². The van der Waals surface area contributed by atoms with Gasteiger partial charge in [-0.2, -0.15) is 0 Å². The first-order chi connectivity index (χ1) is 36.8. The molecule has 6 aromatic rings. The number of para-hydroxylation sites is 3. The van der Waals surface area contributed by atoms with Crippen molar-refractivity contribution in [2.45, 2.75) is 81.8 Å². The molecule has 0 radical (unpaired) electrons. The molecule has 6 aromatic carbocycles. The first-order valence-electron chi connectivity index (χ1n) is 25.4. The molecule has 0 unspecified atom stereocenters. The number of carbonyl (C=O) groups excluding carboxylic acids is 6. The number of carbonyl (C=O) groups is 6. The van der Waals surface area contributed by atoms with Crippen LogP contribution in [-0.4, -0.2) is 88.5 Å². The van der Waals surface area contributed by atoms with Crippen LogP contribution in [0.3, 0.4) is 0 Å². The van der Waals surface area contributed by atoms with Gasteiger partial charge in [0.1, 0.15) is 35.4 Å². The largest absolute Gasteiger partial charge is 0.507 e. The minimum Gasteiger partial charge on any atom is -0.507 e. The van der Waals surface area contributed by atoms with Gasteiger partial charge in [0.25, 0.3) is 17.7 Å². The molecule has 0 spiro atoms. The lowest BCUT2D eigenvalue weighted by Crippen LogP contribution is -2.43. The number of aromatic hydroxyl groups is 3. The van der Waals surface area contributed by atoms with Crippen molar-refractivity contribution in [2.75, 3.05) is 35.6 Å². The molecule has 18 nitrogen and oxygen atoms in total. The van der Waals surface area contributed by atoms with Gasteiger partial charge in [-0.1, -0.05) is 72.8 Å². The number of nitrogens with one attached hydrogen (secondary N) is 6. The van der Waals surface area contributed by atoms with E-state index in [1.165, 1.54) is 36.4 Å². The van der Waals surface area contributed by atoms with Crippen molar-refractivity contribution >= 4 is 52.5 Å². The normalized spacial score (nSPS) is 12.2. The fourth-order valence-electron chi connectivity index (χ4n) is 8.53. The highest BCUT2D eigenvalue weighted by atomic mass is 16.3. The number of hydrogen-bond acceptors (Lipinski definition) is 12. The average Bonchev–Trinajstić information content (AvgIpc) is 3.41. The molecule has 0 aliphatic carbocycles. The first kappa shape index (κ1) is 56.7. The van der Waals surface area contributed by atoms with Gasteiger partial charge in [0.15, 0.2) is 0 Å². The van der Waals surface area contributed by atoms with Crippen molar-refractivity contribution in [3.8, 4) is 17.2 Å². The fraction of sp³-hybridized carbons (Fsp3) is 0.276. The number of amides is 6. The third-order valence-electron chi connectivity index (χ3n) is 12.7. The molecule has 0 saturated heterocycles. The van der Waals surface area contributed by atoms with Gasteiger partial charge in [-0.15, -0.1) is 0 Å². The molecular formula is C58H67N9O9. The van der Waals surface area contributed by atoms with Crippen molar-refractivity contribution < 1.29 is 44.1 Å². The van der Waals surface area contributed by atoms with Crippen LogP contribution in [0, 0.1) is 0 Å². The Morgan fingerprint density at radius 2 is 0.605 bits per heavy atom. The summed E-state index contributed by atoms with van der Waals surface area (Å²) in [5.74, 6) is -4.26. The zero-order valence-electron chi connectivity index (χ0n) is 42.2. The molecule has 398 valence electrons. The summed E-state index contributed by atoms with van der Waals surface area (Å²) in [6, 6.07) is 37.0. The van der Waals surface area contributed by atoms with Gasteiger partial charge < -0.3 is 64.4 Å². The van der Waals surface area contributed by atoms with Gasteiger partial charge in [-0.05, 0) is 167 Å². The van der Waals surface area contributed by atoms with Crippen LogP contribution in [0.15, 0.2) is 146 Å². The molecule has 0 fully saturated rings. The lowest BCUT2D eigenvalue weighted by Gasteiger charge is -2.22. The summed E-state index contributed by atoms with van der Waals surface area (Å²) < 4.78 is 0. The maximum Gasteiger partial charge on any atom is 0.255 e. The predicted molar refractivity (Wildman–Crippen MR) is 293 cm³/mol. The van der Waals surface area contributed by atoms with E-state index in [1.807, 2.05) is 36.4 Å². The number of phenolic OH excluding ortho intramolecular Hbond substituents is 3. The minimum absolute atomic E-state index is 0.0360. The maximum absolute atomic E-state index is 13.8. The highest BCUT2D eigenvalue weighted by Crippen LogP contribution is 2.34. The molecule has 0 aliphatic heterocycles. The molecule has 76 heavy (non-hydrogen) atoms. The second kappa shape index (κ2) is 28.8. The molecule has 0 bridgehead atoms. The standard InChI is InChI=1S/C58H67N9O9/c59-34-10-7-16-46(65-53(71)43-13-1-4-19-49(43)68)56(74)62-40-28-22-37(23-29-40)52(38-24-30-41(31-25-38)63-57(75)47(17-8-11-35-60)66-54(72)44-14-2-5-20-50(44)69)39-26-32-42(33-27-39)64-58(76)48(18-9-12-36-61)67-55(73)45-15-3-6-21-51(45)70/h1-6,13-15,19-33,46-48,52,68-70H,7-12,16-18,34-36,59-61H2,(H,62,74)(H,63,75)(H,64,76)(H,65,71)(H,66,72)(H,67,73)/t46-,47-,48-/m1/s1. The van der Waals surface area contributed by atoms with Gasteiger partial charge in [-0.3, -0.25) is 28.8 Å². The monoisotopic (exact) mass is 1030 g/mol. The third-order valence-corrected chi connectivity index (χ3v) is 12.7. The average molecular weight is 1030 g/mol. The quantitative estimate of drug-likeness (QED) is 0.0192. The van der Waals surface area contributed by atoms with Crippen molar-refractivity contribution in [2.24, 2.45) is 17.2 Å². The van der Waals surface area contributed by atoms with Crippen LogP contribution in [0.25, 0.3) is 0 Å².